The predicted octanol–water partition coefficient (Wildman–Crippen LogP) is 2.44. The molecular formula is C26H25N5O4. The van der Waals surface area contributed by atoms with Gasteiger partial charge in [-0.1, -0.05) is 30.3 Å². The van der Waals surface area contributed by atoms with Crippen LogP contribution in [-0.4, -0.2) is 36.9 Å². The first-order valence-electron chi connectivity index (χ1n) is 11.6. The number of ketones is 1. The quantitative estimate of drug-likeness (QED) is 0.386. The van der Waals surface area contributed by atoms with Crippen molar-refractivity contribution in [1.29, 1.82) is 0 Å². The number of fused-ring (bicyclic) bond motifs is 1. The van der Waals surface area contributed by atoms with Crippen LogP contribution in [0.1, 0.15) is 35.7 Å². The molecule has 1 aliphatic rings. The van der Waals surface area contributed by atoms with Crippen LogP contribution in [0.5, 0.6) is 0 Å². The molecule has 178 valence electrons. The minimum atomic E-state index is -0.583. The Balaban J connectivity index is 1.52. The number of anilines is 1. The van der Waals surface area contributed by atoms with E-state index in [0.29, 0.717) is 36.2 Å². The first-order valence-corrected chi connectivity index (χ1v) is 11.6. The maximum Gasteiger partial charge on any atom is 0.333 e. The van der Waals surface area contributed by atoms with E-state index in [1.165, 1.54) is 10.9 Å². The summed E-state index contributed by atoms with van der Waals surface area (Å²) in [5.41, 5.74) is 1.45. The minimum Gasteiger partial charge on any atom is -0.325 e. The van der Waals surface area contributed by atoms with Crippen LogP contribution in [0.25, 0.3) is 11.2 Å². The number of amides is 1. The van der Waals surface area contributed by atoms with Gasteiger partial charge in [-0.05, 0) is 43.2 Å². The van der Waals surface area contributed by atoms with Crippen molar-refractivity contribution in [2.75, 3.05) is 11.4 Å². The van der Waals surface area contributed by atoms with Crippen molar-refractivity contribution in [1.82, 2.24) is 18.7 Å². The Hall–Kier alpha value is -4.27. The van der Waals surface area contributed by atoms with Crippen LogP contribution >= 0.6 is 0 Å². The summed E-state index contributed by atoms with van der Waals surface area (Å²) < 4.78 is 4.11. The van der Waals surface area contributed by atoms with Crippen molar-refractivity contribution < 1.29 is 9.59 Å². The minimum absolute atomic E-state index is 0.0652. The van der Waals surface area contributed by atoms with Crippen molar-refractivity contribution in [3.05, 3.63) is 92.9 Å². The van der Waals surface area contributed by atoms with Crippen LogP contribution in [0.3, 0.4) is 0 Å². The smallest absolute Gasteiger partial charge is 0.325 e. The van der Waals surface area contributed by atoms with Crippen molar-refractivity contribution in [3.8, 4) is 0 Å². The van der Waals surface area contributed by atoms with Gasteiger partial charge in [-0.15, -0.1) is 0 Å². The summed E-state index contributed by atoms with van der Waals surface area (Å²) in [4.78, 5) is 57.9. The van der Waals surface area contributed by atoms with Crippen LogP contribution in [0.2, 0.25) is 0 Å². The van der Waals surface area contributed by atoms with Crippen LogP contribution < -0.4 is 16.1 Å². The lowest BCUT2D eigenvalue weighted by Gasteiger charge is -2.16. The third kappa shape index (κ3) is 4.09. The SMILES string of the molecule is CCn1cnc2c1c(=O)n(CC(=O)c1ccc(N3CCCC3=O)cc1)c(=O)n2Cc1ccccc1. The Labute approximate surface area is 200 Å². The molecule has 0 N–H and O–H groups in total. The van der Waals surface area contributed by atoms with Gasteiger partial charge in [-0.3, -0.25) is 23.5 Å². The molecule has 1 aliphatic heterocycles. The fourth-order valence-corrected chi connectivity index (χ4v) is 4.51. The molecule has 0 bridgehead atoms. The first-order chi connectivity index (χ1) is 17.0. The number of nitrogens with zero attached hydrogens (tertiary/aromatic N) is 5. The molecule has 2 aromatic carbocycles. The zero-order valence-corrected chi connectivity index (χ0v) is 19.4. The third-order valence-electron chi connectivity index (χ3n) is 6.38. The lowest BCUT2D eigenvalue weighted by atomic mass is 10.1. The molecule has 9 heteroatoms. The van der Waals surface area contributed by atoms with Gasteiger partial charge in [0.1, 0.15) is 0 Å². The number of rotatable bonds is 7. The maximum absolute atomic E-state index is 13.4. The molecule has 0 saturated carbocycles. The van der Waals surface area contributed by atoms with Crippen LogP contribution in [0, 0.1) is 0 Å². The van der Waals surface area contributed by atoms with E-state index in [1.54, 1.807) is 33.7 Å². The Kier molecular flexibility index (Phi) is 5.90. The number of hydrogen-bond acceptors (Lipinski definition) is 5. The van der Waals surface area contributed by atoms with E-state index in [9.17, 15) is 19.2 Å². The highest BCUT2D eigenvalue weighted by atomic mass is 16.2. The number of hydrogen-bond donors (Lipinski definition) is 0. The molecule has 0 spiro atoms. The molecule has 2 aromatic heterocycles. The standard InChI is InChI=1S/C26H25N5O4/c1-2-28-17-27-24-23(28)25(34)31(26(35)30(24)15-18-7-4-3-5-8-18)16-21(32)19-10-12-20(13-11-19)29-14-6-9-22(29)33/h3-5,7-8,10-13,17H,2,6,9,14-16H2,1H3. The summed E-state index contributed by atoms with van der Waals surface area (Å²) in [7, 11) is 0. The maximum atomic E-state index is 13.4. The molecule has 5 rings (SSSR count). The Morgan fingerprint density at radius 1 is 0.971 bits per heavy atom. The summed E-state index contributed by atoms with van der Waals surface area (Å²) in [5.74, 6) is -0.299. The Morgan fingerprint density at radius 2 is 1.71 bits per heavy atom. The highest BCUT2D eigenvalue weighted by Crippen LogP contribution is 2.22. The summed E-state index contributed by atoms with van der Waals surface area (Å²) in [6.07, 6.45) is 2.88. The molecule has 35 heavy (non-hydrogen) atoms. The lowest BCUT2D eigenvalue weighted by molar-refractivity contribution is -0.117. The van der Waals surface area contributed by atoms with Crippen molar-refractivity contribution in [2.24, 2.45) is 0 Å². The van der Waals surface area contributed by atoms with Gasteiger partial charge in [-0.2, -0.15) is 0 Å². The highest BCUT2D eigenvalue weighted by molar-refractivity contribution is 5.98. The zero-order chi connectivity index (χ0) is 24.5. The number of carbonyl (C=O) groups excluding carboxylic acids is 2. The van der Waals surface area contributed by atoms with E-state index in [-0.39, 0.29) is 24.8 Å². The number of benzene rings is 2. The van der Waals surface area contributed by atoms with Crippen LogP contribution in [0.15, 0.2) is 70.5 Å². The fraction of sp³-hybridized carbons (Fsp3) is 0.269. The molecule has 0 atom stereocenters. The Bertz CT molecular complexity index is 1530. The molecule has 1 fully saturated rings. The lowest BCUT2D eigenvalue weighted by Crippen LogP contribution is -2.42. The van der Waals surface area contributed by atoms with Gasteiger partial charge in [0.05, 0.1) is 19.4 Å². The molecular weight excluding hydrogens is 446 g/mol. The number of Topliss-reactive ketones (excluding diaryl/α,β-unsaturated/α-hetero) is 1. The van der Waals surface area contributed by atoms with E-state index in [1.807, 2.05) is 37.3 Å². The van der Waals surface area contributed by atoms with Crippen molar-refractivity contribution in [3.63, 3.8) is 0 Å². The Morgan fingerprint density at radius 3 is 2.37 bits per heavy atom. The summed E-state index contributed by atoms with van der Waals surface area (Å²) >= 11 is 0. The van der Waals surface area contributed by atoms with Crippen LogP contribution in [-0.2, 0) is 24.4 Å². The average Bonchev–Trinajstić information content (AvgIpc) is 3.51. The summed E-state index contributed by atoms with van der Waals surface area (Å²) in [5, 5.41) is 0. The van der Waals surface area contributed by atoms with Gasteiger partial charge >= 0.3 is 5.69 Å². The predicted molar refractivity (Wildman–Crippen MR) is 132 cm³/mol. The molecule has 9 nitrogen and oxygen atoms in total. The van der Waals surface area contributed by atoms with E-state index in [2.05, 4.69) is 4.98 Å². The van der Waals surface area contributed by atoms with E-state index < -0.39 is 11.2 Å². The largest absolute Gasteiger partial charge is 0.333 e. The van der Waals surface area contributed by atoms with Gasteiger partial charge in [0.15, 0.2) is 16.9 Å². The summed E-state index contributed by atoms with van der Waals surface area (Å²) in [6.45, 7) is 2.88. The normalized spacial score (nSPS) is 13.6. The van der Waals surface area contributed by atoms with E-state index >= 15 is 0 Å². The van der Waals surface area contributed by atoms with Crippen LogP contribution in [0.4, 0.5) is 5.69 Å². The fourth-order valence-electron chi connectivity index (χ4n) is 4.51. The van der Waals surface area contributed by atoms with E-state index in [4.69, 9.17) is 0 Å². The van der Waals surface area contributed by atoms with Gasteiger partial charge in [0.2, 0.25) is 5.91 Å². The second-order valence-electron chi connectivity index (χ2n) is 8.57. The highest BCUT2D eigenvalue weighted by Gasteiger charge is 2.23. The number of carbonyl (C=O) groups is 2. The first kappa shape index (κ1) is 22.5. The number of aromatic nitrogens is 4. The van der Waals surface area contributed by atoms with Gasteiger partial charge in [0.25, 0.3) is 5.56 Å². The summed E-state index contributed by atoms with van der Waals surface area (Å²) in [6, 6.07) is 16.1. The molecule has 3 heterocycles. The van der Waals surface area contributed by atoms with Gasteiger partial charge < -0.3 is 9.47 Å². The van der Waals surface area contributed by atoms with Gasteiger partial charge in [-0.25, -0.2) is 9.78 Å². The van der Waals surface area contributed by atoms with Crippen molar-refractivity contribution in [2.45, 2.75) is 39.4 Å². The average molecular weight is 472 g/mol. The van der Waals surface area contributed by atoms with E-state index in [0.717, 1.165) is 22.2 Å². The molecule has 1 saturated heterocycles. The third-order valence-corrected chi connectivity index (χ3v) is 6.38. The second kappa shape index (κ2) is 9.17. The molecule has 1 amide bonds. The molecule has 0 radical (unpaired) electrons. The van der Waals surface area contributed by atoms with Gasteiger partial charge in [0, 0.05) is 30.8 Å². The topological polar surface area (TPSA) is 99.2 Å². The molecule has 0 unspecified atom stereocenters. The molecule has 0 aliphatic carbocycles. The van der Waals surface area contributed by atoms with Crippen molar-refractivity contribution >= 4 is 28.5 Å². The molecule has 4 aromatic rings. The monoisotopic (exact) mass is 471 g/mol. The number of aryl methyl sites for hydroxylation is 1. The number of imidazole rings is 1. The second-order valence-corrected chi connectivity index (χ2v) is 8.57. The zero-order valence-electron chi connectivity index (χ0n) is 19.4.